The van der Waals surface area contributed by atoms with Crippen LogP contribution < -0.4 is 0 Å². The van der Waals surface area contributed by atoms with Gasteiger partial charge in [-0.15, -0.1) is 0 Å². The van der Waals surface area contributed by atoms with Crippen LogP contribution in [0.2, 0.25) is 5.02 Å². The van der Waals surface area contributed by atoms with Crippen LogP contribution in [0.15, 0.2) is 17.0 Å². The average molecular weight is 350 g/mol. The van der Waals surface area contributed by atoms with E-state index in [4.69, 9.17) is 22.3 Å². The summed E-state index contributed by atoms with van der Waals surface area (Å²) in [5.74, 6) is -0.180. The van der Waals surface area contributed by atoms with Crippen LogP contribution in [0, 0.1) is 6.92 Å². The quantitative estimate of drug-likeness (QED) is 0.783. The second kappa shape index (κ2) is 6.15. The molecule has 0 saturated carbocycles. The summed E-state index contributed by atoms with van der Waals surface area (Å²) in [5, 5.41) is 0.229. The highest BCUT2D eigenvalue weighted by Gasteiger charge is 2.30. The third kappa shape index (κ3) is 3.35. The summed E-state index contributed by atoms with van der Waals surface area (Å²) in [4.78, 5) is 14.3. The molecule has 7 heteroatoms. The molecule has 1 heterocycles. The number of carbonyl (C=O) groups is 1. The Morgan fingerprint density at radius 2 is 2.10 bits per heavy atom. The first kappa shape index (κ1) is 16.6. The highest BCUT2D eigenvalue weighted by atomic mass is 35.7. The molecular formula is C14H17Cl2NO3S. The van der Waals surface area contributed by atoms with E-state index in [0.29, 0.717) is 17.7 Å². The summed E-state index contributed by atoms with van der Waals surface area (Å²) in [7, 11) is 1.44. The fourth-order valence-corrected chi connectivity index (χ4v) is 3.77. The first-order valence-electron chi connectivity index (χ1n) is 6.81. The summed E-state index contributed by atoms with van der Waals surface area (Å²) in [6.07, 6.45) is 2.82. The van der Waals surface area contributed by atoms with Gasteiger partial charge in [0.15, 0.2) is 0 Å². The number of hydrogen-bond donors (Lipinski definition) is 0. The topological polar surface area (TPSA) is 54.5 Å². The zero-order valence-electron chi connectivity index (χ0n) is 11.9. The molecule has 0 spiro atoms. The van der Waals surface area contributed by atoms with E-state index in [1.54, 1.807) is 11.8 Å². The molecule has 0 bridgehead atoms. The van der Waals surface area contributed by atoms with Gasteiger partial charge in [-0.05, 0) is 43.9 Å². The largest absolute Gasteiger partial charge is 0.336 e. The lowest BCUT2D eigenvalue weighted by molar-refractivity contribution is 0.0732. The van der Waals surface area contributed by atoms with Crippen LogP contribution in [0.4, 0.5) is 0 Å². The van der Waals surface area contributed by atoms with Gasteiger partial charge in [-0.1, -0.05) is 18.5 Å². The Kier molecular flexibility index (Phi) is 4.85. The first-order valence-corrected chi connectivity index (χ1v) is 9.50. The lowest BCUT2D eigenvalue weighted by Crippen LogP contribution is -2.35. The maximum absolute atomic E-state index is 12.7. The van der Waals surface area contributed by atoms with Gasteiger partial charge < -0.3 is 4.90 Å². The van der Waals surface area contributed by atoms with Gasteiger partial charge in [0.25, 0.3) is 15.0 Å². The second-order valence-corrected chi connectivity index (χ2v) is 8.19. The summed E-state index contributed by atoms with van der Waals surface area (Å²) in [6, 6.07) is 2.79. The number of carbonyl (C=O) groups excluding carboxylic acids is 1. The van der Waals surface area contributed by atoms with Gasteiger partial charge in [0.1, 0.15) is 0 Å². The van der Waals surface area contributed by atoms with Gasteiger partial charge in [0, 0.05) is 33.9 Å². The molecule has 1 aliphatic heterocycles. The van der Waals surface area contributed by atoms with E-state index in [2.05, 4.69) is 0 Å². The van der Waals surface area contributed by atoms with Crippen LogP contribution in [0.1, 0.15) is 42.1 Å². The smallest absolute Gasteiger partial charge is 0.261 e. The molecule has 1 aliphatic rings. The van der Waals surface area contributed by atoms with Crippen LogP contribution in [-0.2, 0) is 9.05 Å². The number of hydrogen-bond acceptors (Lipinski definition) is 3. The molecule has 0 aliphatic carbocycles. The van der Waals surface area contributed by atoms with Gasteiger partial charge in [0.2, 0.25) is 0 Å². The van der Waals surface area contributed by atoms with Gasteiger partial charge >= 0.3 is 0 Å². The minimum Gasteiger partial charge on any atom is -0.336 e. The van der Waals surface area contributed by atoms with Crippen LogP contribution in [0.5, 0.6) is 0 Å². The van der Waals surface area contributed by atoms with Crippen molar-refractivity contribution >= 4 is 37.2 Å². The molecule has 0 aromatic heterocycles. The molecule has 1 aromatic rings. The number of benzene rings is 1. The predicted octanol–water partition coefficient (Wildman–Crippen LogP) is 3.59. The minimum atomic E-state index is -3.92. The van der Waals surface area contributed by atoms with Crippen molar-refractivity contribution in [3.63, 3.8) is 0 Å². The van der Waals surface area contributed by atoms with E-state index in [0.717, 1.165) is 19.3 Å². The SMILES string of the molecule is CCC1CCCN1C(=O)c1cc(S(=O)(=O)Cl)cc(Cl)c1C. The molecule has 1 amide bonds. The van der Waals surface area contributed by atoms with Crippen molar-refractivity contribution in [2.24, 2.45) is 0 Å². The Balaban J connectivity index is 2.48. The Morgan fingerprint density at radius 3 is 2.67 bits per heavy atom. The number of halogens is 2. The molecule has 1 fully saturated rings. The summed E-state index contributed by atoms with van der Waals surface area (Å²) in [5.41, 5.74) is 0.884. The zero-order valence-corrected chi connectivity index (χ0v) is 14.2. The van der Waals surface area contributed by atoms with E-state index in [1.807, 2.05) is 6.92 Å². The van der Waals surface area contributed by atoms with Crippen molar-refractivity contribution in [1.82, 2.24) is 4.90 Å². The van der Waals surface area contributed by atoms with Crippen molar-refractivity contribution in [3.8, 4) is 0 Å². The fraction of sp³-hybridized carbons (Fsp3) is 0.500. The van der Waals surface area contributed by atoms with E-state index >= 15 is 0 Å². The van der Waals surface area contributed by atoms with Crippen molar-refractivity contribution in [2.75, 3.05) is 6.54 Å². The molecular weight excluding hydrogens is 333 g/mol. The normalized spacial score (nSPS) is 19.0. The van der Waals surface area contributed by atoms with Gasteiger partial charge in [-0.25, -0.2) is 8.42 Å². The molecule has 116 valence electrons. The van der Waals surface area contributed by atoms with Crippen LogP contribution in [-0.4, -0.2) is 31.8 Å². The number of nitrogens with zero attached hydrogens (tertiary/aromatic N) is 1. The highest BCUT2D eigenvalue weighted by Crippen LogP contribution is 2.29. The number of likely N-dealkylation sites (tertiary alicyclic amines) is 1. The summed E-state index contributed by atoms with van der Waals surface area (Å²) < 4.78 is 23.0. The van der Waals surface area contributed by atoms with E-state index in [9.17, 15) is 13.2 Å². The highest BCUT2D eigenvalue weighted by molar-refractivity contribution is 8.13. The Morgan fingerprint density at radius 1 is 1.43 bits per heavy atom. The fourth-order valence-electron chi connectivity index (χ4n) is 2.70. The Labute approximate surface area is 134 Å². The maximum Gasteiger partial charge on any atom is 0.261 e. The predicted molar refractivity (Wildman–Crippen MR) is 83.6 cm³/mol. The van der Waals surface area contributed by atoms with E-state index < -0.39 is 9.05 Å². The van der Waals surface area contributed by atoms with E-state index in [-0.39, 0.29) is 21.9 Å². The van der Waals surface area contributed by atoms with Crippen molar-refractivity contribution in [1.29, 1.82) is 0 Å². The standard InChI is InChI=1S/C14H17Cl2NO3S/c1-3-10-5-4-6-17(10)14(18)12-7-11(21(16,19)20)8-13(15)9(12)2/h7-8,10H,3-6H2,1-2H3. The second-order valence-electron chi connectivity index (χ2n) is 5.22. The van der Waals surface area contributed by atoms with Gasteiger partial charge in [-0.3, -0.25) is 4.79 Å². The molecule has 0 N–H and O–H groups in total. The number of amides is 1. The average Bonchev–Trinajstić information content (AvgIpc) is 2.88. The molecule has 1 aromatic carbocycles. The van der Waals surface area contributed by atoms with Crippen LogP contribution in [0.3, 0.4) is 0 Å². The van der Waals surface area contributed by atoms with Crippen LogP contribution >= 0.6 is 22.3 Å². The third-order valence-corrected chi connectivity index (χ3v) is 5.66. The number of rotatable bonds is 3. The van der Waals surface area contributed by atoms with Crippen LogP contribution in [0.25, 0.3) is 0 Å². The monoisotopic (exact) mass is 349 g/mol. The molecule has 1 saturated heterocycles. The Bertz CT molecular complexity index is 673. The van der Waals surface area contributed by atoms with Crippen molar-refractivity contribution in [2.45, 2.75) is 44.0 Å². The molecule has 1 atom stereocenters. The molecule has 2 rings (SSSR count). The molecule has 0 radical (unpaired) electrons. The summed E-state index contributed by atoms with van der Waals surface area (Å²) >= 11 is 6.05. The Hall–Kier alpha value is -0.780. The molecule has 21 heavy (non-hydrogen) atoms. The third-order valence-electron chi connectivity index (χ3n) is 3.94. The lowest BCUT2D eigenvalue weighted by Gasteiger charge is -2.24. The zero-order chi connectivity index (χ0) is 15.8. The first-order chi connectivity index (χ1) is 9.75. The van der Waals surface area contributed by atoms with Gasteiger partial charge in [-0.2, -0.15) is 0 Å². The van der Waals surface area contributed by atoms with E-state index in [1.165, 1.54) is 12.1 Å². The van der Waals surface area contributed by atoms with Crippen molar-refractivity contribution in [3.05, 3.63) is 28.3 Å². The lowest BCUT2D eigenvalue weighted by atomic mass is 10.1. The maximum atomic E-state index is 12.7. The van der Waals surface area contributed by atoms with Crippen molar-refractivity contribution < 1.29 is 13.2 Å². The van der Waals surface area contributed by atoms with Gasteiger partial charge in [0.05, 0.1) is 4.90 Å². The summed E-state index contributed by atoms with van der Waals surface area (Å²) in [6.45, 7) is 4.43. The molecule has 1 unspecified atom stereocenters. The molecule has 4 nitrogen and oxygen atoms in total. The minimum absolute atomic E-state index is 0.143.